The van der Waals surface area contributed by atoms with Gasteiger partial charge in [-0.15, -0.1) is 0 Å². The van der Waals surface area contributed by atoms with E-state index in [0.717, 1.165) is 30.1 Å². The molecule has 1 aromatic carbocycles. The van der Waals surface area contributed by atoms with Crippen LogP contribution in [0.5, 0.6) is 5.75 Å². The van der Waals surface area contributed by atoms with Crippen LogP contribution in [0, 0.1) is 13.8 Å². The Bertz CT molecular complexity index is 765. The van der Waals surface area contributed by atoms with Gasteiger partial charge in [-0.2, -0.15) is 4.98 Å². The van der Waals surface area contributed by atoms with Crippen molar-refractivity contribution in [3.63, 3.8) is 0 Å². The minimum absolute atomic E-state index is 0.348. The third-order valence-electron chi connectivity index (χ3n) is 4.69. The highest BCUT2D eigenvalue weighted by atomic mass is 16.5. The summed E-state index contributed by atoms with van der Waals surface area (Å²) in [6, 6.07) is 6.37. The summed E-state index contributed by atoms with van der Waals surface area (Å²) in [5.41, 5.74) is 2.35. The molecule has 1 fully saturated rings. The van der Waals surface area contributed by atoms with Crippen molar-refractivity contribution in [2.75, 3.05) is 13.6 Å². The number of aryl methyl sites for hydroxylation is 2. The van der Waals surface area contributed by atoms with E-state index in [9.17, 15) is 0 Å². The van der Waals surface area contributed by atoms with Crippen LogP contribution in [-0.2, 0) is 13.0 Å². The summed E-state index contributed by atoms with van der Waals surface area (Å²) < 4.78 is 11.4. The van der Waals surface area contributed by atoms with Crippen LogP contribution >= 0.6 is 0 Å². The number of aromatic nitrogens is 2. The summed E-state index contributed by atoms with van der Waals surface area (Å²) in [4.78, 5) is 8.48. The van der Waals surface area contributed by atoms with Crippen molar-refractivity contribution in [2.24, 2.45) is 4.99 Å². The molecule has 7 nitrogen and oxygen atoms in total. The molecular formula is C20H29N5O2. The van der Waals surface area contributed by atoms with Crippen LogP contribution in [0.2, 0.25) is 0 Å². The predicted molar refractivity (Wildman–Crippen MR) is 105 cm³/mol. The van der Waals surface area contributed by atoms with Crippen LogP contribution < -0.4 is 15.4 Å². The maximum Gasteiger partial charge on any atom is 0.228 e. The maximum atomic E-state index is 6.27. The Balaban J connectivity index is 1.52. The minimum atomic E-state index is 0.348. The van der Waals surface area contributed by atoms with Crippen molar-refractivity contribution in [2.45, 2.75) is 58.6 Å². The van der Waals surface area contributed by atoms with E-state index in [1.807, 2.05) is 6.92 Å². The first kappa shape index (κ1) is 19.2. The fraction of sp³-hybridized carbons (Fsp3) is 0.550. The van der Waals surface area contributed by atoms with Gasteiger partial charge >= 0.3 is 0 Å². The molecule has 0 aliphatic heterocycles. The van der Waals surface area contributed by atoms with E-state index in [4.69, 9.17) is 9.26 Å². The lowest BCUT2D eigenvalue weighted by atomic mass is 10.1. The largest absolute Gasteiger partial charge is 0.490 e. The number of hydrogen-bond donors (Lipinski definition) is 2. The first-order valence-corrected chi connectivity index (χ1v) is 9.64. The fourth-order valence-electron chi connectivity index (χ4n) is 3.23. The summed E-state index contributed by atoms with van der Waals surface area (Å²) in [5.74, 6) is 2.99. The average molecular weight is 371 g/mol. The van der Waals surface area contributed by atoms with E-state index >= 15 is 0 Å². The van der Waals surface area contributed by atoms with Gasteiger partial charge in [0.25, 0.3) is 0 Å². The van der Waals surface area contributed by atoms with Gasteiger partial charge < -0.3 is 19.9 Å². The molecule has 1 aliphatic rings. The number of aliphatic imine (C=N–C) groups is 1. The Morgan fingerprint density at radius 1 is 1.26 bits per heavy atom. The lowest BCUT2D eigenvalue weighted by Crippen LogP contribution is -2.38. The molecule has 1 heterocycles. The molecule has 146 valence electrons. The molecule has 1 aliphatic carbocycles. The number of hydrogen-bond acceptors (Lipinski definition) is 5. The second kappa shape index (κ2) is 9.39. The van der Waals surface area contributed by atoms with E-state index < -0.39 is 0 Å². The molecule has 1 aromatic heterocycles. The second-order valence-corrected chi connectivity index (χ2v) is 6.97. The monoisotopic (exact) mass is 371 g/mol. The molecule has 2 N–H and O–H groups in total. The quantitative estimate of drug-likeness (QED) is 0.575. The summed E-state index contributed by atoms with van der Waals surface area (Å²) in [5, 5.41) is 10.4. The van der Waals surface area contributed by atoms with Crippen LogP contribution in [0.1, 0.15) is 48.5 Å². The Hall–Kier alpha value is -2.57. The van der Waals surface area contributed by atoms with Crippen molar-refractivity contribution in [3.05, 3.63) is 41.0 Å². The lowest BCUT2D eigenvalue weighted by molar-refractivity contribution is 0.207. The standard InChI is InChI=1S/C20H29N5O2/c1-14-8-9-16(18(12-14)26-17-6-4-5-7-17)13-23-20(21-3)22-11-10-19-24-15(2)25-27-19/h8-9,12,17H,4-7,10-11,13H2,1-3H3,(H2,21,22,23). The van der Waals surface area contributed by atoms with Gasteiger partial charge in [-0.05, 0) is 51.2 Å². The SMILES string of the molecule is CN=C(NCCc1nc(C)no1)NCc1ccc(C)cc1OC1CCCC1. The number of ether oxygens (including phenoxy) is 1. The number of rotatable bonds is 7. The molecule has 0 saturated heterocycles. The zero-order chi connectivity index (χ0) is 19.1. The van der Waals surface area contributed by atoms with E-state index in [0.29, 0.717) is 37.3 Å². The van der Waals surface area contributed by atoms with Crippen LogP contribution in [-0.4, -0.2) is 35.8 Å². The first-order valence-electron chi connectivity index (χ1n) is 9.64. The highest BCUT2D eigenvalue weighted by Gasteiger charge is 2.18. The van der Waals surface area contributed by atoms with Crippen molar-refractivity contribution < 1.29 is 9.26 Å². The molecule has 1 saturated carbocycles. The number of guanidine groups is 1. The van der Waals surface area contributed by atoms with Crippen molar-refractivity contribution >= 4 is 5.96 Å². The molecule has 7 heteroatoms. The summed E-state index contributed by atoms with van der Waals surface area (Å²) in [7, 11) is 1.76. The summed E-state index contributed by atoms with van der Waals surface area (Å²) in [6.07, 6.45) is 5.83. The normalized spacial score (nSPS) is 15.1. The Kier molecular flexibility index (Phi) is 6.68. The zero-order valence-electron chi connectivity index (χ0n) is 16.4. The van der Waals surface area contributed by atoms with E-state index in [1.165, 1.54) is 18.4 Å². The smallest absolute Gasteiger partial charge is 0.228 e. The molecule has 0 amide bonds. The van der Waals surface area contributed by atoms with Crippen LogP contribution in [0.4, 0.5) is 0 Å². The molecule has 0 unspecified atom stereocenters. The maximum absolute atomic E-state index is 6.27. The van der Waals surface area contributed by atoms with Crippen LogP contribution in [0.15, 0.2) is 27.7 Å². The second-order valence-electron chi connectivity index (χ2n) is 6.97. The summed E-state index contributed by atoms with van der Waals surface area (Å²) >= 11 is 0. The Morgan fingerprint density at radius 3 is 2.78 bits per heavy atom. The van der Waals surface area contributed by atoms with Gasteiger partial charge in [0.15, 0.2) is 11.8 Å². The first-order chi connectivity index (χ1) is 13.1. The molecule has 0 bridgehead atoms. The topological polar surface area (TPSA) is 84.6 Å². The van der Waals surface area contributed by atoms with Gasteiger partial charge in [-0.25, -0.2) is 0 Å². The minimum Gasteiger partial charge on any atom is -0.490 e. The molecule has 0 spiro atoms. The lowest BCUT2D eigenvalue weighted by Gasteiger charge is -2.18. The molecule has 2 aromatic rings. The van der Waals surface area contributed by atoms with E-state index in [-0.39, 0.29) is 0 Å². The highest BCUT2D eigenvalue weighted by molar-refractivity contribution is 5.79. The summed E-state index contributed by atoms with van der Waals surface area (Å²) in [6.45, 7) is 5.23. The van der Waals surface area contributed by atoms with Crippen LogP contribution in [0.25, 0.3) is 0 Å². The van der Waals surface area contributed by atoms with Crippen molar-refractivity contribution in [3.8, 4) is 5.75 Å². The highest BCUT2D eigenvalue weighted by Crippen LogP contribution is 2.27. The molecule has 3 rings (SSSR count). The fourth-order valence-corrected chi connectivity index (χ4v) is 3.23. The zero-order valence-corrected chi connectivity index (χ0v) is 16.4. The number of nitrogens with one attached hydrogen (secondary N) is 2. The number of benzene rings is 1. The van der Waals surface area contributed by atoms with Gasteiger partial charge in [0.1, 0.15) is 5.75 Å². The molecule has 27 heavy (non-hydrogen) atoms. The Morgan fingerprint density at radius 2 is 2.07 bits per heavy atom. The van der Waals surface area contributed by atoms with E-state index in [2.05, 4.69) is 50.9 Å². The van der Waals surface area contributed by atoms with Gasteiger partial charge in [0.2, 0.25) is 5.89 Å². The van der Waals surface area contributed by atoms with E-state index in [1.54, 1.807) is 7.05 Å². The third kappa shape index (κ3) is 5.70. The third-order valence-corrected chi connectivity index (χ3v) is 4.69. The molecule has 0 atom stereocenters. The van der Waals surface area contributed by atoms with Crippen LogP contribution in [0.3, 0.4) is 0 Å². The van der Waals surface area contributed by atoms with Gasteiger partial charge in [0.05, 0.1) is 6.10 Å². The number of nitrogens with zero attached hydrogens (tertiary/aromatic N) is 3. The molecular weight excluding hydrogens is 342 g/mol. The van der Waals surface area contributed by atoms with Gasteiger partial charge in [-0.1, -0.05) is 17.3 Å². The van der Waals surface area contributed by atoms with Crippen molar-refractivity contribution in [1.82, 2.24) is 20.8 Å². The van der Waals surface area contributed by atoms with Gasteiger partial charge in [-0.3, -0.25) is 4.99 Å². The molecule has 0 radical (unpaired) electrons. The average Bonchev–Trinajstić information content (AvgIpc) is 3.31. The Labute approximate surface area is 160 Å². The predicted octanol–water partition coefficient (Wildman–Crippen LogP) is 2.92. The van der Waals surface area contributed by atoms with Gasteiger partial charge in [0, 0.05) is 32.1 Å². The van der Waals surface area contributed by atoms with Crippen molar-refractivity contribution in [1.29, 1.82) is 0 Å².